The fourth-order valence-electron chi connectivity index (χ4n) is 2.52. The van der Waals surface area contributed by atoms with Crippen LogP contribution in [0.5, 0.6) is 0 Å². The molecule has 1 aromatic carbocycles. The van der Waals surface area contributed by atoms with E-state index < -0.39 is 10.0 Å². The molecule has 0 aromatic heterocycles. The van der Waals surface area contributed by atoms with E-state index in [1.807, 2.05) is 32.6 Å². The normalized spacial score (nSPS) is 11.7. The van der Waals surface area contributed by atoms with E-state index in [1.54, 1.807) is 12.1 Å². The topological polar surface area (TPSA) is 57.7 Å². The molecule has 0 radical (unpaired) electrons. The van der Waals surface area contributed by atoms with Gasteiger partial charge in [0.1, 0.15) is 0 Å². The molecule has 0 saturated heterocycles. The summed E-state index contributed by atoms with van der Waals surface area (Å²) in [6.45, 7) is 9.99. The zero-order valence-corrected chi connectivity index (χ0v) is 15.4. The van der Waals surface area contributed by atoms with Crippen LogP contribution in [0.3, 0.4) is 0 Å². The molecule has 0 fully saturated rings. The average Bonchev–Trinajstić information content (AvgIpc) is 2.55. The smallest absolute Gasteiger partial charge is 0.253 e. The maximum Gasteiger partial charge on any atom is 0.253 e. The summed E-state index contributed by atoms with van der Waals surface area (Å²) < 4.78 is 26.3. The summed E-state index contributed by atoms with van der Waals surface area (Å²) in [5, 5.41) is 0. The lowest BCUT2D eigenvalue weighted by Gasteiger charge is -2.22. The Morgan fingerprint density at radius 3 is 1.78 bits per heavy atom. The molecule has 0 unspecified atom stereocenters. The molecule has 1 rings (SSSR count). The van der Waals surface area contributed by atoms with Gasteiger partial charge in [0.25, 0.3) is 5.91 Å². The van der Waals surface area contributed by atoms with Gasteiger partial charge in [0.15, 0.2) is 0 Å². The number of carbonyl (C=O) groups excluding carboxylic acids is 1. The minimum Gasteiger partial charge on any atom is -0.339 e. The molecular formula is C17H28N2O3S. The first kappa shape index (κ1) is 19.6. The van der Waals surface area contributed by atoms with Crippen molar-refractivity contribution < 1.29 is 13.2 Å². The summed E-state index contributed by atoms with van der Waals surface area (Å²) in [7, 11) is -3.48. The molecule has 1 amide bonds. The molecule has 130 valence electrons. The molecule has 0 aliphatic rings. The molecule has 6 heteroatoms. The number of hydrogen-bond acceptors (Lipinski definition) is 3. The molecule has 0 saturated carbocycles. The van der Waals surface area contributed by atoms with Crippen molar-refractivity contribution in [2.45, 2.75) is 45.4 Å². The van der Waals surface area contributed by atoms with E-state index in [-0.39, 0.29) is 10.8 Å². The van der Waals surface area contributed by atoms with Crippen molar-refractivity contribution in [2.75, 3.05) is 26.2 Å². The molecule has 0 bridgehead atoms. The standard InChI is InChI=1S/C17H28N2O3S/c1-5-13-18(14-6-2)17(20)15-9-11-16(12-10-15)23(21,22)19(7-3)8-4/h9-12H,5-8,13-14H2,1-4H3. The van der Waals surface area contributed by atoms with Crippen molar-refractivity contribution in [3.8, 4) is 0 Å². The lowest BCUT2D eigenvalue weighted by molar-refractivity contribution is 0.0755. The molecule has 5 nitrogen and oxygen atoms in total. The predicted octanol–water partition coefficient (Wildman–Crippen LogP) is 2.98. The Hall–Kier alpha value is -1.40. The highest BCUT2D eigenvalue weighted by Crippen LogP contribution is 2.17. The quantitative estimate of drug-likeness (QED) is 0.694. The predicted molar refractivity (Wildman–Crippen MR) is 93.0 cm³/mol. The van der Waals surface area contributed by atoms with E-state index in [2.05, 4.69) is 0 Å². The lowest BCUT2D eigenvalue weighted by Crippen LogP contribution is -2.33. The van der Waals surface area contributed by atoms with Crippen LogP contribution in [0.4, 0.5) is 0 Å². The molecule has 23 heavy (non-hydrogen) atoms. The average molecular weight is 340 g/mol. The highest BCUT2D eigenvalue weighted by Gasteiger charge is 2.22. The van der Waals surface area contributed by atoms with Gasteiger partial charge < -0.3 is 4.90 Å². The largest absolute Gasteiger partial charge is 0.339 e. The number of sulfonamides is 1. The Morgan fingerprint density at radius 2 is 1.39 bits per heavy atom. The third-order valence-electron chi connectivity index (χ3n) is 3.72. The van der Waals surface area contributed by atoms with E-state index >= 15 is 0 Å². The van der Waals surface area contributed by atoms with Crippen molar-refractivity contribution in [3.05, 3.63) is 29.8 Å². The van der Waals surface area contributed by atoms with Gasteiger partial charge in [-0.1, -0.05) is 27.7 Å². The van der Waals surface area contributed by atoms with Gasteiger partial charge in [-0.2, -0.15) is 4.31 Å². The van der Waals surface area contributed by atoms with Crippen LogP contribution in [0.25, 0.3) is 0 Å². The van der Waals surface area contributed by atoms with Gasteiger partial charge in [0, 0.05) is 31.7 Å². The minimum atomic E-state index is -3.48. The summed E-state index contributed by atoms with van der Waals surface area (Å²) in [5.74, 6) is -0.0412. The van der Waals surface area contributed by atoms with Crippen LogP contribution in [0, 0.1) is 0 Å². The van der Waals surface area contributed by atoms with Crippen molar-refractivity contribution in [3.63, 3.8) is 0 Å². The van der Waals surface area contributed by atoms with Gasteiger partial charge in [-0.3, -0.25) is 4.79 Å². The van der Waals surface area contributed by atoms with Crippen molar-refractivity contribution in [1.82, 2.24) is 9.21 Å². The first-order valence-electron chi connectivity index (χ1n) is 8.31. The van der Waals surface area contributed by atoms with Crippen molar-refractivity contribution in [1.29, 1.82) is 0 Å². The van der Waals surface area contributed by atoms with Gasteiger partial charge in [0.05, 0.1) is 4.90 Å². The summed E-state index contributed by atoms with van der Waals surface area (Å²) in [6.07, 6.45) is 1.81. The van der Waals surface area contributed by atoms with Gasteiger partial charge in [-0.25, -0.2) is 8.42 Å². The number of benzene rings is 1. The maximum absolute atomic E-state index is 12.5. The van der Waals surface area contributed by atoms with E-state index in [0.717, 1.165) is 12.8 Å². The number of rotatable bonds is 9. The Kier molecular flexibility index (Phi) is 7.72. The van der Waals surface area contributed by atoms with Crippen LogP contribution >= 0.6 is 0 Å². The molecule has 0 aliphatic carbocycles. The Morgan fingerprint density at radius 1 is 0.913 bits per heavy atom. The Bertz CT molecular complexity index is 587. The SMILES string of the molecule is CCCN(CCC)C(=O)c1ccc(S(=O)(=O)N(CC)CC)cc1. The van der Waals surface area contributed by atoms with E-state index in [4.69, 9.17) is 0 Å². The summed E-state index contributed by atoms with van der Waals surface area (Å²) >= 11 is 0. The maximum atomic E-state index is 12.5. The molecule has 0 heterocycles. The second-order valence-electron chi connectivity index (χ2n) is 5.41. The minimum absolute atomic E-state index is 0.0412. The number of hydrogen-bond donors (Lipinski definition) is 0. The van der Waals surface area contributed by atoms with E-state index in [9.17, 15) is 13.2 Å². The number of nitrogens with zero attached hydrogens (tertiary/aromatic N) is 2. The third kappa shape index (κ3) is 4.78. The third-order valence-corrected chi connectivity index (χ3v) is 5.78. The van der Waals surface area contributed by atoms with Gasteiger partial charge in [-0.05, 0) is 37.1 Å². The zero-order valence-electron chi connectivity index (χ0n) is 14.6. The first-order chi connectivity index (χ1) is 10.9. The van der Waals surface area contributed by atoms with Gasteiger partial charge in [-0.15, -0.1) is 0 Å². The molecule has 0 N–H and O–H groups in total. The Labute approximate surface area is 140 Å². The summed E-state index contributed by atoms with van der Waals surface area (Å²) in [4.78, 5) is 14.5. The van der Waals surface area contributed by atoms with Crippen molar-refractivity contribution in [2.24, 2.45) is 0 Å². The fourth-order valence-corrected chi connectivity index (χ4v) is 3.98. The van der Waals surface area contributed by atoms with Crippen molar-refractivity contribution >= 4 is 15.9 Å². The highest BCUT2D eigenvalue weighted by atomic mass is 32.2. The molecule has 0 spiro atoms. The summed E-state index contributed by atoms with van der Waals surface area (Å²) in [6, 6.07) is 6.27. The second kappa shape index (κ2) is 9.03. The molecular weight excluding hydrogens is 312 g/mol. The van der Waals surface area contributed by atoms with Crippen LogP contribution in [-0.4, -0.2) is 49.7 Å². The molecule has 1 aromatic rings. The van der Waals surface area contributed by atoms with E-state index in [1.165, 1.54) is 16.4 Å². The first-order valence-corrected chi connectivity index (χ1v) is 9.75. The number of amides is 1. The monoisotopic (exact) mass is 340 g/mol. The van der Waals surface area contributed by atoms with Gasteiger partial charge >= 0.3 is 0 Å². The second-order valence-corrected chi connectivity index (χ2v) is 7.34. The van der Waals surface area contributed by atoms with Crippen LogP contribution in [-0.2, 0) is 10.0 Å². The Balaban J connectivity index is 3.02. The van der Waals surface area contributed by atoms with E-state index in [0.29, 0.717) is 31.7 Å². The van der Waals surface area contributed by atoms with Crippen LogP contribution < -0.4 is 0 Å². The van der Waals surface area contributed by atoms with Crippen LogP contribution in [0.2, 0.25) is 0 Å². The van der Waals surface area contributed by atoms with Crippen LogP contribution in [0.15, 0.2) is 29.2 Å². The fraction of sp³-hybridized carbons (Fsp3) is 0.588. The zero-order chi connectivity index (χ0) is 17.5. The number of carbonyl (C=O) groups is 1. The molecule has 0 atom stereocenters. The highest BCUT2D eigenvalue weighted by molar-refractivity contribution is 7.89. The van der Waals surface area contributed by atoms with Gasteiger partial charge in [0.2, 0.25) is 10.0 Å². The lowest BCUT2D eigenvalue weighted by atomic mass is 10.2. The summed E-state index contributed by atoms with van der Waals surface area (Å²) in [5.41, 5.74) is 0.533. The van der Waals surface area contributed by atoms with Crippen LogP contribution in [0.1, 0.15) is 50.9 Å². The molecule has 0 aliphatic heterocycles.